The summed E-state index contributed by atoms with van der Waals surface area (Å²) in [6.07, 6.45) is 0.486. The fourth-order valence-corrected chi connectivity index (χ4v) is 1.99. The molecule has 0 spiro atoms. The van der Waals surface area contributed by atoms with Gasteiger partial charge in [-0.3, -0.25) is 4.79 Å². The molecule has 1 fully saturated rings. The lowest BCUT2D eigenvalue weighted by Gasteiger charge is -2.12. The normalized spacial score (nSPS) is 18.5. The summed E-state index contributed by atoms with van der Waals surface area (Å²) >= 11 is 0. The van der Waals surface area contributed by atoms with Crippen LogP contribution in [-0.2, 0) is 16.1 Å². The topological polar surface area (TPSA) is 67.4 Å². The molecule has 1 aliphatic heterocycles. The number of esters is 1. The number of methoxy groups -OCH3 is 1. The molecule has 0 aromatic heterocycles. The van der Waals surface area contributed by atoms with Crippen LogP contribution in [0.5, 0.6) is 0 Å². The van der Waals surface area contributed by atoms with E-state index in [1.54, 1.807) is 12.1 Å². The van der Waals surface area contributed by atoms with Gasteiger partial charge in [0.15, 0.2) is 0 Å². The fourth-order valence-electron chi connectivity index (χ4n) is 1.99. The molecule has 1 aromatic carbocycles. The summed E-state index contributed by atoms with van der Waals surface area (Å²) in [4.78, 5) is 22.6. The second-order valence-corrected chi connectivity index (χ2v) is 4.23. The molecule has 1 amide bonds. The van der Waals surface area contributed by atoms with E-state index in [0.29, 0.717) is 25.1 Å². The predicted molar refractivity (Wildman–Crippen MR) is 66.0 cm³/mol. The van der Waals surface area contributed by atoms with E-state index in [9.17, 15) is 9.59 Å². The van der Waals surface area contributed by atoms with Crippen LogP contribution in [0.25, 0.3) is 0 Å². The van der Waals surface area contributed by atoms with Crippen LogP contribution in [0.1, 0.15) is 22.3 Å². The molecule has 0 aliphatic carbocycles. The molecule has 96 valence electrons. The largest absolute Gasteiger partial charge is 0.465 e. The number of amides is 1. The molecular weight excluding hydrogens is 232 g/mol. The highest BCUT2D eigenvalue weighted by Crippen LogP contribution is 2.11. The minimum atomic E-state index is -0.340. The van der Waals surface area contributed by atoms with Gasteiger partial charge in [0.25, 0.3) is 0 Å². The van der Waals surface area contributed by atoms with Gasteiger partial charge in [0.05, 0.1) is 12.7 Å². The van der Waals surface area contributed by atoms with Crippen molar-refractivity contribution in [2.75, 3.05) is 13.7 Å². The number of hydrogen-bond donors (Lipinski definition) is 2. The maximum atomic E-state index is 11.6. The number of benzene rings is 1. The number of carbonyl (C=O) groups is 2. The molecule has 18 heavy (non-hydrogen) atoms. The third-order valence-corrected chi connectivity index (χ3v) is 2.98. The van der Waals surface area contributed by atoms with Gasteiger partial charge in [-0.05, 0) is 11.6 Å². The quantitative estimate of drug-likeness (QED) is 0.759. The summed E-state index contributed by atoms with van der Waals surface area (Å²) in [5, 5.41) is 6.02. The molecule has 1 saturated heterocycles. The molecule has 1 unspecified atom stereocenters. The Morgan fingerprint density at radius 3 is 2.94 bits per heavy atom. The van der Waals surface area contributed by atoms with E-state index in [4.69, 9.17) is 4.74 Å². The minimum absolute atomic E-state index is 0.0637. The first-order valence-electron chi connectivity index (χ1n) is 5.87. The van der Waals surface area contributed by atoms with E-state index >= 15 is 0 Å². The van der Waals surface area contributed by atoms with Gasteiger partial charge in [0.1, 0.15) is 0 Å². The van der Waals surface area contributed by atoms with Crippen LogP contribution in [0.4, 0.5) is 0 Å². The van der Waals surface area contributed by atoms with E-state index in [1.165, 1.54) is 7.11 Å². The summed E-state index contributed by atoms with van der Waals surface area (Å²) in [7, 11) is 1.37. The molecule has 1 heterocycles. The number of carbonyl (C=O) groups excluding carboxylic acids is 2. The molecule has 0 radical (unpaired) electrons. The Morgan fingerprint density at radius 1 is 1.50 bits per heavy atom. The molecule has 0 bridgehead atoms. The standard InChI is InChI=1S/C13H16N2O3/c1-18-13(17)11-5-3-2-4-9(11)7-14-10-6-12(16)15-8-10/h2-5,10,14H,6-8H2,1H3,(H,15,16). The van der Waals surface area contributed by atoms with Gasteiger partial charge < -0.3 is 15.4 Å². The smallest absolute Gasteiger partial charge is 0.338 e. The summed E-state index contributed by atoms with van der Waals surface area (Å²) in [6.45, 7) is 1.18. The SMILES string of the molecule is COC(=O)c1ccccc1CNC1CNC(=O)C1. The highest BCUT2D eigenvalue weighted by molar-refractivity contribution is 5.90. The average molecular weight is 248 g/mol. The second kappa shape index (κ2) is 5.64. The number of ether oxygens (including phenoxy) is 1. The van der Waals surface area contributed by atoms with E-state index in [0.717, 1.165) is 5.56 Å². The Balaban J connectivity index is 2.00. The summed E-state index contributed by atoms with van der Waals surface area (Å²) in [6, 6.07) is 7.42. The van der Waals surface area contributed by atoms with E-state index < -0.39 is 0 Å². The lowest BCUT2D eigenvalue weighted by molar-refractivity contribution is -0.119. The highest BCUT2D eigenvalue weighted by atomic mass is 16.5. The lowest BCUT2D eigenvalue weighted by atomic mass is 10.1. The van der Waals surface area contributed by atoms with Crippen LogP contribution in [0.2, 0.25) is 0 Å². The van der Waals surface area contributed by atoms with Crippen LogP contribution in [0.3, 0.4) is 0 Å². The van der Waals surface area contributed by atoms with Gasteiger partial charge in [-0.25, -0.2) is 4.79 Å². The van der Waals surface area contributed by atoms with Crippen molar-refractivity contribution in [2.45, 2.75) is 19.0 Å². The monoisotopic (exact) mass is 248 g/mol. The summed E-state index contributed by atoms with van der Waals surface area (Å²) < 4.78 is 4.73. The summed E-state index contributed by atoms with van der Waals surface area (Å²) in [5.41, 5.74) is 1.44. The first kappa shape index (κ1) is 12.6. The van der Waals surface area contributed by atoms with Crippen molar-refractivity contribution in [2.24, 2.45) is 0 Å². The zero-order valence-electron chi connectivity index (χ0n) is 10.2. The zero-order valence-corrected chi connectivity index (χ0v) is 10.2. The second-order valence-electron chi connectivity index (χ2n) is 4.23. The maximum absolute atomic E-state index is 11.6. The molecule has 5 heteroatoms. The van der Waals surface area contributed by atoms with Gasteiger partial charge in [-0.1, -0.05) is 18.2 Å². The Labute approximate surface area is 106 Å². The van der Waals surface area contributed by atoms with Crippen molar-refractivity contribution >= 4 is 11.9 Å². The van der Waals surface area contributed by atoms with Crippen molar-refractivity contribution in [3.63, 3.8) is 0 Å². The number of nitrogens with one attached hydrogen (secondary N) is 2. The lowest BCUT2D eigenvalue weighted by Crippen LogP contribution is -2.31. The molecule has 0 saturated carbocycles. The van der Waals surface area contributed by atoms with Crippen LogP contribution >= 0.6 is 0 Å². The zero-order chi connectivity index (χ0) is 13.0. The van der Waals surface area contributed by atoms with Gasteiger partial charge >= 0.3 is 5.97 Å². The Bertz CT molecular complexity index is 459. The minimum Gasteiger partial charge on any atom is -0.465 e. The van der Waals surface area contributed by atoms with E-state index in [2.05, 4.69) is 10.6 Å². The number of hydrogen-bond acceptors (Lipinski definition) is 4. The van der Waals surface area contributed by atoms with Gasteiger partial charge in [-0.2, -0.15) is 0 Å². The van der Waals surface area contributed by atoms with Gasteiger partial charge in [-0.15, -0.1) is 0 Å². The molecule has 1 atom stereocenters. The summed E-state index contributed by atoms with van der Waals surface area (Å²) in [5.74, 6) is -0.276. The molecule has 5 nitrogen and oxygen atoms in total. The van der Waals surface area contributed by atoms with Crippen molar-refractivity contribution in [3.05, 3.63) is 35.4 Å². The third kappa shape index (κ3) is 2.87. The van der Waals surface area contributed by atoms with Gasteiger partial charge in [0.2, 0.25) is 5.91 Å². The molecular formula is C13H16N2O3. The van der Waals surface area contributed by atoms with Crippen molar-refractivity contribution in [1.29, 1.82) is 0 Å². The van der Waals surface area contributed by atoms with E-state index in [1.807, 2.05) is 12.1 Å². The Kier molecular flexibility index (Phi) is 3.94. The maximum Gasteiger partial charge on any atom is 0.338 e. The first-order valence-corrected chi connectivity index (χ1v) is 5.87. The average Bonchev–Trinajstić information content (AvgIpc) is 2.81. The third-order valence-electron chi connectivity index (χ3n) is 2.98. The molecule has 1 aliphatic rings. The number of rotatable bonds is 4. The molecule has 2 rings (SSSR count). The van der Waals surface area contributed by atoms with Crippen LogP contribution in [-0.4, -0.2) is 31.6 Å². The highest BCUT2D eigenvalue weighted by Gasteiger charge is 2.21. The molecule has 2 N–H and O–H groups in total. The van der Waals surface area contributed by atoms with Crippen LogP contribution < -0.4 is 10.6 Å². The van der Waals surface area contributed by atoms with E-state index in [-0.39, 0.29) is 17.9 Å². The van der Waals surface area contributed by atoms with Crippen molar-refractivity contribution in [3.8, 4) is 0 Å². The van der Waals surface area contributed by atoms with Crippen LogP contribution in [0.15, 0.2) is 24.3 Å². The van der Waals surface area contributed by atoms with Crippen LogP contribution in [0, 0.1) is 0 Å². The van der Waals surface area contributed by atoms with Crippen molar-refractivity contribution in [1.82, 2.24) is 10.6 Å². The Hall–Kier alpha value is -1.88. The fraction of sp³-hybridized carbons (Fsp3) is 0.385. The van der Waals surface area contributed by atoms with Gasteiger partial charge in [0, 0.05) is 25.6 Å². The molecule has 1 aromatic rings. The predicted octanol–water partition coefficient (Wildman–Crippen LogP) is 0.451. The first-order chi connectivity index (χ1) is 8.70. The Morgan fingerprint density at radius 2 is 2.28 bits per heavy atom. The van der Waals surface area contributed by atoms with Crippen molar-refractivity contribution < 1.29 is 14.3 Å².